The summed E-state index contributed by atoms with van der Waals surface area (Å²) < 4.78 is 5.93. The molecule has 1 aliphatic carbocycles. The van der Waals surface area contributed by atoms with Crippen molar-refractivity contribution in [2.24, 2.45) is 23.2 Å². The highest BCUT2D eigenvalue weighted by atomic mass is 35.5. The van der Waals surface area contributed by atoms with Gasteiger partial charge in [-0.3, -0.25) is 0 Å². The van der Waals surface area contributed by atoms with Crippen molar-refractivity contribution in [1.82, 2.24) is 0 Å². The Labute approximate surface area is 111 Å². The van der Waals surface area contributed by atoms with E-state index in [0.29, 0.717) is 17.4 Å². The van der Waals surface area contributed by atoms with Crippen LogP contribution in [-0.2, 0) is 4.74 Å². The molecule has 2 fully saturated rings. The van der Waals surface area contributed by atoms with Gasteiger partial charge in [-0.15, -0.1) is 11.6 Å². The Balaban J connectivity index is 1.86. The van der Waals surface area contributed by atoms with Gasteiger partial charge in [0.2, 0.25) is 0 Å². The number of halogens is 1. The summed E-state index contributed by atoms with van der Waals surface area (Å²) in [5.41, 5.74) is 0.480. The van der Waals surface area contributed by atoms with E-state index in [9.17, 15) is 0 Å². The first kappa shape index (κ1) is 13.7. The monoisotopic (exact) mass is 258 g/mol. The van der Waals surface area contributed by atoms with Gasteiger partial charge in [-0.2, -0.15) is 0 Å². The molecule has 2 unspecified atom stereocenters. The highest BCUT2D eigenvalue weighted by Gasteiger charge is 2.38. The SMILES string of the molecule is CC(C)(C)C1CCC(C2OCCC2CCl)CC1. The van der Waals surface area contributed by atoms with E-state index in [2.05, 4.69) is 20.8 Å². The molecule has 17 heavy (non-hydrogen) atoms. The molecule has 0 aromatic rings. The zero-order valence-corrected chi connectivity index (χ0v) is 12.3. The topological polar surface area (TPSA) is 9.23 Å². The van der Waals surface area contributed by atoms with E-state index in [1.165, 1.54) is 32.1 Å². The first-order valence-electron chi connectivity index (χ1n) is 7.20. The number of hydrogen-bond donors (Lipinski definition) is 0. The fourth-order valence-electron chi connectivity index (χ4n) is 3.66. The Bertz CT molecular complexity index is 238. The van der Waals surface area contributed by atoms with Crippen molar-refractivity contribution < 1.29 is 4.74 Å². The number of ether oxygens (including phenoxy) is 1. The highest BCUT2D eigenvalue weighted by Crippen LogP contribution is 2.43. The molecule has 0 amide bonds. The fraction of sp³-hybridized carbons (Fsp3) is 1.00. The number of alkyl halides is 1. The third-order valence-corrected chi connectivity index (χ3v) is 5.32. The second-order valence-electron chi connectivity index (χ2n) is 7.02. The lowest BCUT2D eigenvalue weighted by atomic mass is 9.68. The molecular weight excluding hydrogens is 232 g/mol. The zero-order chi connectivity index (χ0) is 12.5. The van der Waals surface area contributed by atoms with Crippen LogP contribution in [0.15, 0.2) is 0 Å². The van der Waals surface area contributed by atoms with Crippen LogP contribution in [0, 0.1) is 23.2 Å². The van der Waals surface area contributed by atoms with E-state index in [4.69, 9.17) is 16.3 Å². The van der Waals surface area contributed by atoms with E-state index in [1.54, 1.807) is 0 Å². The van der Waals surface area contributed by atoms with E-state index >= 15 is 0 Å². The smallest absolute Gasteiger partial charge is 0.0643 e. The summed E-state index contributed by atoms with van der Waals surface area (Å²) in [5.74, 6) is 3.08. The normalized spacial score (nSPS) is 39.5. The van der Waals surface area contributed by atoms with Crippen molar-refractivity contribution in [2.45, 2.75) is 59.0 Å². The van der Waals surface area contributed by atoms with Crippen molar-refractivity contribution in [1.29, 1.82) is 0 Å². The minimum absolute atomic E-state index is 0.466. The Morgan fingerprint density at radius 2 is 1.71 bits per heavy atom. The molecule has 100 valence electrons. The molecule has 1 aliphatic heterocycles. The maximum absolute atomic E-state index is 6.04. The highest BCUT2D eigenvalue weighted by molar-refractivity contribution is 6.18. The summed E-state index contributed by atoms with van der Waals surface area (Å²) in [5, 5.41) is 0. The summed E-state index contributed by atoms with van der Waals surface area (Å²) in [4.78, 5) is 0. The summed E-state index contributed by atoms with van der Waals surface area (Å²) in [6, 6.07) is 0. The molecule has 2 aliphatic rings. The molecule has 1 saturated carbocycles. The first-order chi connectivity index (χ1) is 8.02. The summed E-state index contributed by atoms with van der Waals surface area (Å²) >= 11 is 6.04. The van der Waals surface area contributed by atoms with Crippen LogP contribution in [0.1, 0.15) is 52.9 Å². The maximum Gasteiger partial charge on any atom is 0.0643 e. The van der Waals surface area contributed by atoms with E-state index in [0.717, 1.165) is 24.3 Å². The van der Waals surface area contributed by atoms with Gasteiger partial charge in [-0.05, 0) is 49.4 Å². The Morgan fingerprint density at radius 3 is 2.24 bits per heavy atom. The van der Waals surface area contributed by atoms with Crippen molar-refractivity contribution in [2.75, 3.05) is 12.5 Å². The van der Waals surface area contributed by atoms with Crippen LogP contribution in [0.2, 0.25) is 0 Å². The molecule has 0 spiro atoms. The molecule has 1 saturated heterocycles. The number of rotatable bonds is 2. The van der Waals surface area contributed by atoms with Crippen LogP contribution < -0.4 is 0 Å². The van der Waals surface area contributed by atoms with Gasteiger partial charge in [0.05, 0.1) is 6.10 Å². The standard InChI is InChI=1S/C15H27ClO/c1-15(2,3)13-6-4-11(5-7-13)14-12(10-16)8-9-17-14/h11-14H,4-10H2,1-3H3. The van der Waals surface area contributed by atoms with E-state index in [-0.39, 0.29) is 0 Å². The van der Waals surface area contributed by atoms with E-state index < -0.39 is 0 Å². The minimum atomic E-state index is 0.466. The van der Waals surface area contributed by atoms with Crippen molar-refractivity contribution in [3.63, 3.8) is 0 Å². The van der Waals surface area contributed by atoms with Crippen LogP contribution >= 0.6 is 11.6 Å². The molecule has 0 N–H and O–H groups in total. The van der Waals surface area contributed by atoms with Gasteiger partial charge in [-0.25, -0.2) is 0 Å². The van der Waals surface area contributed by atoms with Crippen molar-refractivity contribution in [3.8, 4) is 0 Å². The van der Waals surface area contributed by atoms with Crippen LogP contribution in [0.5, 0.6) is 0 Å². The van der Waals surface area contributed by atoms with Gasteiger partial charge in [0, 0.05) is 18.4 Å². The Hall–Kier alpha value is 0.250. The summed E-state index contributed by atoms with van der Waals surface area (Å²) in [7, 11) is 0. The summed E-state index contributed by atoms with van der Waals surface area (Å²) in [6.07, 6.45) is 7.09. The largest absolute Gasteiger partial charge is 0.378 e. The molecule has 2 atom stereocenters. The second kappa shape index (κ2) is 5.48. The average Bonchev–Trinajstić information content (AvgIpc) is 2.76. The Morgan fingerprint density at radius 1 is 1.06 bits per heavy atom. The quantitative estimate of drug-likeness (QED) is 0.664. The third-order valence-electron chi connectivity index (χ3n) is 4.92. The van der Waals surface area contributed by atoms with Gasteiger partial charge in [0.25, 0.3) is 0 Å². The summed E-state index contributed by atoms with van der Waals surface area (Å²) in [6.45, 7) is 8.07. The second-order valence-corrected chi connectivity index (χ2v) is 7.32. The lowest BCUT2D eigenvalue weighted by Gasteiger charge is -2.39. The van der Waals surface area contributed by atoms with Crippen LogP contribution in [0.25, 0.3) is 0 Å². The molecule has 1 heterocycles. The molecule has 0 aromatic carbocycles. The van der Waals surface area contributed by atoms with Crippen molar-refractivity contribution in [3.05, 3.63) is 0 Å². The lowest BCUT2D eigenvalue weighted by molar-refractivity contribution is 0.0137. The first-order valence-corrected chi connectivity index (χ1v) is 7.73. The van der Waals surface area contributed by atoms with Gasteiger partial charge in [-0.1, -0.05) is 20.8 Å². The predicted molar refractivity (Wildman–Crippen MR) is 73.5 cm³/mol. The maximum atomic E-state index is 6.04. The minimum Gasteiger partial charge on any atom is -0.378 e. The molecule has 2 heteroatoms. The van der Waals surface area contributed by atoms with Crippen LogP contribution in [-0.4, -0.2) is 18.6 Å². The van der Waals surface area contributed by atoms with Crippen LogP contribution in [0.3, 0.4) is 0 Å². The van der Waals surface area contributed by atoms with E-state index in [1.807, 2.05) is 0 Å². The number of hydrogen-bond acceptors (Lipinski definition) is 1. The van der Waals surface area contributed by atoms with Gasteiger partial charge in [0.15, 0.2) is 0 Å². The van der Waals surface area contributed by atoms with Gasteiger partial charge >= 0.3 is 0 Å². The van der Waals surface area contributed by atoms with Crippen molar-refractivity contribution >= 4 is 11.6 Å². The fourth-order valence-corrected chi connectivity index (χ4v) is 3.99. The molecule has 0 radical (unpaired) electrons. The average molecular weight is 259 g/mol. The lowest BCUT2D eigenvalue weighted by Crippen LogP contribution is -2.33. The third kappa shape index (κ3) is 3.17. The molecule has 1 nitrogen and oxygen atoms in total. The van der Waals surface area contributed by atoms with Gasteiger partial charge < -0.3 is 4.74 Å². The van der Waals surface area contributed by atoms with Crippen LogP contribution in [0.4, 0.5) is 0 Å². The molecule has 0 bridgehead atoms. The molecule has 0 aromatic heterocycles. The van der Waals surface area contributed by atoms with Gasteiger partial charge in [0.1, 0.15) is 0 Å². The zero-order valence-electron chi connectivity index (χ0n) is 11.5. The predicted octanol–water partition coefficient (Wildman–Crippen LogP) is 4.48. The molecule has 2 rings (SSSR count). The molecular formula is C15H27ClO. The Kier molecular flexibility index (Phi) is 4.41.